The molecule has 4 aromatic carbocycles. The van der Waals surface area contributed by atoms with Gasteiger partial charge in [0.05, 0.1) is 0 Å². The quantitative estimate of drug-likeness (QED) is 0.272. The van der Waals surface area contributed by atoms with Crippen LogP contribution in [0.25, 0.3) is 14.4 Å². The topological polar surface area (TPSA) is 0 Å². The summed E-state index contributed by atoms with van der Waals surface area (Å²) in [6.45, 7) is 30.2. The maximum atomic E-state index is 2.61. The van der Waals surface area contributed by atoms with Gasteiger partial charge < -0.3 is 24.8 Å². The van der Waals surface area contributed by atoms with Gasteiger partial charge in [-0.3, -0.25) is 0 Å². The Kier molecular flexibility index (Phi) is 11.8. The number of hydrogen-bond acceptors (Lipinski definition) is 0. The van der Waals surface area contributed by atoms with Gasteiger partial charge in [0.1, 0.15) is 0 Å². The third-order valence-electron chi connectivity index (χ3n) is 10.0. The van der Waals surface area contributed by atoms with Crippen LogP contribution in [0.2, 0.25) is 39.3 Å². The molecular formula is C45H53Cl2Si2Zr. The summed E-state index contributed by atoms with van der Waals surface area (Å²) in [6.07, 6.45) is 8.09. The molecule has 0 aromatic heterocycles. The van der Waals surface area contributed by atoms with E-state index in [1.54, 1.807) is 31.9 Å². The van der Waals surface area contributed by atoms with Crippen molar-refractivity contribution in [2.75, 3.05) is 0 Å². The van der Waals surface area contributed by atoms with Crippen LogP contribution in [0, 0.1) is 10.4 Å². The smallest absolute Gasteiger partial charge is 1.00 e. The molecular weight excluding hydrogens is 759 g/mol. The Morgan fingerprint density at radius 2 is 1.16 bits per heavy atom. The van der Waals surface area contributed by atoms with E-state index in [0.717, 1.165) is 6.42 Å². The van der Waals surface area contributed by atoms with Crippen molar-refractivity contribution in [3.8, 4) is 0 Å². The van der Waals surface area contributed by atoms with Crippen LogP contribution < -0.4 is 45.6 Å². The molecule has 2 aliphatic carbocycles. The first-order valence-electron chi connectivity index (χ1n) is 17.7. The summed E-state index contributed by atoms with van der Waals surface area (Å²) in [6, 6.07) is 27.5. The molecule has 0 nitrogen and oxygen atoms in total. The molecule has 259 valence electrons. The molecule has 0 N–H and O–H groups in total. The summed E-state index contributed by atoms with van der Waals surface area (Å²) in [5, 5.41) is 9.46. The van der Waals surface area contributed by atoms with Crippen molar-refractivity contribution < 1.29 is 49.5 Å². The molecule has 6 rings (SSSR count). The molecule has 0 amide bonds. The summed E-state index contributed by atoms with van der Waals surface area (Å²) in [5.74, 6) is 0. The number of halogens is 2. The first kappa shape index (κ1) is 40.8. The average Bonchev–Trinajstić information content (AvgIpc) is 3.62. The minimum atomic E-state index is -1.89. The SMILES string of the molecule is CC(C)(C)c1cc2c(c(=C(c3ccccc3)c3ccccc3)c1)=c1c([Si](C)(C)C)c([Si](C)(C)C)c(C(C)(C)C)c(C3=CC=CC3)c1=[C]2[Zr+2].[Cl-].[Cl-]. The molecule has 4 aromatic rings. The van der Waals surface area contributed by atoms with Gasteiger partial charge in [-0.15, -0.1) is 0 Å². The Balaban J connectivity index is 0.00000281. The van der Waals surface area contributed by atoms with Crippen LogP contribution in [-0.2, 0) is 35.5 Å². The second-order valence-electron chi connectivity index (χ2n) is 18.0. The van der Waals surface area contributed by atoms with Gasteiger partial charge in [0.2, 0.25) is 0 Å². The van der Waals surface area contributed by atoms with E-state index < -0.39 is 16.1 Å². The minimum absolute atomic E-state index is 0. The van der Waals surface area contributed by atoms with E-state index in [0.29, 0.717) is 0 Å². The van der Waals surface area contributed by atoms with Crippen molar-refractivity contribution >= 4 is 40.9 Å². The minimum Gasteiger partial charge on any atom is -1.00 e. The zero-order valence-corrected chi connectivity index (χ0v) is 38.1. The van der Waals surface area contributed by atoms with Crippen LogP contribution in [0.15, 0.2) is 91.0 Å². The van der Waals surface area contributed by atoms with Crippen molar-refractivity contribution in [2.45, 2.75) is 98.1 Å². The summed E-state index contributed by atoms with van der Waals surface area (Å²) in [4.78, 5) is 0. The zero-order chi connectivity index (χ0) is 35.0. The molecule has 0 unspecified atom stereocenters. The normalized spacial score (nSPS) is 14.1. The molecule has 0 heterocycles. The number of benzene rings is 4. The fourth-order valence-corrected chi connectivity index (χ4v) is 15.4. The van der Waals surface area contributed by atoms with E-state index in [2.05, 4.69) is 172 Å². The molecule has 0 saturated heterocycles. The Hall–Kier alpha value is -2.00. The summed E-state index contributed by atoms with van der Waals surface area (Å²) in [5.41, 5.74) is 11.5. The van der Waals surface area contributed by atoms with Crippen molar-refractivity contribution in [2.24, 2.45) is 0 Å². The van der Waals surface area contributed by atoms with Gasteiger partial charge in [0.15, 0.2) is 0 Å². The second-order valence-corrected chi connectivity index (χ2v) is 29.2. The molecule has 0 aliphatic heterocycles. The maximum absolute atomic E-state index is 2.61. The van der Waals surface area contributed by atoms with Crippen molar-refractivity contribution in [1.29, 1.82) is 0 Å². The third kappa shape index (κ3) is 7.29. The Morgan fingerprint density at radius 3 is 1.58 bits per heavy atom. The van der Waals surface area contributed by atoms with Crippen LogP contribution >= 0.6 is 0 Å². The van der Waals surface area contributed by atoms with Crippen molar-refractivity contribution in [1.82, 2.24) is 0 Å². The van der Waals surface area contributed by atoms with Gasteiger partial charge in [0, 0.05) is 0 Å². The van der Waals surface area contributed by atoms with Crippen molar-refractivity contribution in [3.05, 3.63) is 145 Å². The van der Waals surface area contributed by atoms with Gasteiger partial charge in [-0.2, -0.15) is 0 Å². The van der Waals surface area contributed by atoms with Gasteiger partial charge >= 0.3 is 309 Å². The first-order chi connectivity index (χ1) is 22.3. The van der Waals surface area contributed by atoms with Gasteiger partial charge in [-0.25, -0.2) is 0 Å². The molecule has 0 bridgehead atoms. The molecule has 2 aliphatic rings. The summed E-state index contributed by atoms with van der Waals surface area (Å²) >= 11 is 1.50. The van der Waals surface area contributed by atoms with Crippen LogP contribution in [0.1, 0.15) is 81.3 Å². The summed E-state index contributed by atoms with van der Waals surface area (Å²) in [7, 11) is -3.74. The second kappa shape index (κ2) is 14.4. The van der Waals surface area contributed by atoms with Crippen molar-refractivity contribution in [3.63, 3.8) is 0 Å². The number of rotatable bonds is 5. The fourth-order valence-electron chi connectivity index (χ4n) is 8.01. The molecule has 0 radical (unpaired) electrons. The van der Waals surface area contributed by atoms with Crippen LogP contribution in [-0.4, -0.2) is 16.1 Å². The maximum Gasteiger partial charge on any atom is -1.00 e. The van der Waals surface area contributed by atoms with E-state index in [9.17, 15) is 0 Å². The standard InChI is InChI=1S/C45H53Si2.2ClH.Zr/c1-44(2,3)34-27-33-28-35-39(32-25-19-20-26-32)41(45(4,5)6)43(47(10,11)12)42(46(7,8)9)40(35)38(33)36(29-34)37(30-21-15-13-16-22-30)31-23-17-14-18-24-31;;;/h13-25,27,29H,26H2,1-12H3;2*1H;/q;;;+2/p-2. The molecule has 0 fully saturated rings. The Bertz CT molecular complexity index is 2180. The summed E-state index contributed by atoms with van der Waals surface area (Å²) < 4.78 is 1.54. The molecule has 0 spiro atoms. The van der Waals surface area contributed by atoms with Gasteiger partial charge in [0.25, 0.3) is 0 Å². The monoisotopic (exact) mass is 809 g/mol. The van der Waals surface area contributed by atoms with Gasteiger partial charge in [-0.05, 0) is 0 Å². The van der Waals surface area contributed by atoms with E-state index in [-0.39, 0.29) is 35.6 Å². The Morgan fingerprint density at radius 1 is 0.640 bits per heavy atom. The zero-order valence-electron chi connectivity index (χ0n) is 32.1. The van der Waals surface area contributed by atoms with Gasteiger partial charge in [-0.1, -0.05) is 0 Å². The number of hydrogen-bond donors (Lipinski definition) is 0. The fraction of sp³-hybridized carbons (Fsp3) is 0.333. The Labute approximate surface area is 331 Å². The predicted molar refractivity (Wildman–Crippen MR) is 212 cm³/mol. The number of fused-ring (bicyclic) bond motifs is 2. The van der Waals surface area contributed by atoms with E-state index in [1.165, 1.54) is 71.8 Å². The van der Waals surface area contributed by atoms with Crippen LogP contribution in [0.5, 0.6) is 0 Å². The average molecular weight is 812 g/mol. The van der Waals surface area contributed by atoms with E-state index in [1.807, 2.05) is 0 Å². The van der Waals surface area contributed by atoms with E-state index in [4.69, 9.17) is 0 Å². The molecule has 50 heavy (non-hydrogen) atoms. The molecule has 0 saturated carbocycles. The van der Waals surface area contributed by atoms with E-state index >= 15 is 0 Å². The predicted octanol–water partition coefficient (Wildman–Crippen LogP) is 3.27. The molecule has 5 heteroatoms. The first-order valence-corrected chi connectivity index (χ1v) is 25.9. The largest absolute Gasteiger partial charge is 1.00 e. The third-order valence-corrected chi connectivity index (χ3v) is 15.5. The van der Waals surface area contributed by atoms with Crippen LogP contribution in [0.4, 0.5) is 0 Å². The van der Waals surface area contributed by atoms with Crippen LogP contribution in [0.3, 0.4) is 0 Å². The number of allylic oxidation sites excluding steroid dienone is 4. The molecule has 0 atom stereocenters.